The molecule has 136 valence electrons. The van der Waals surface area contributed by atoms with Crippen molar-refractivity contribution in [1.82, 2.24) is 4.90 Å². The molecule has 1 aliphatic carbocycles. The van der Waals surface area contributed by atoms with Crippen LogP contribution in [0.3, 0.4) is 0 Å². The van der Waals surface area contributed by atoms with Crippen LogP contribution in [0.15, 0.2) is 40.4 Å². The van der Waals surface area contributed by atoms with Crippen molar-refractivity contribution in [1.29, 1.82) is 15.8 Å². The van der Waals surface area contributed by atoms with E-state index in [0.29, 0.717) is 5.57 Å². The summed E-state index contributed by atoms with van der Waals surface area (Å²) in [5, 5.41) is 31.4. The van der Waals surface area contributed by atoms with Gasteiger partial charge < -0.3 is 15.4 Å². The van der Waals surface area contributed by atoms with Crippen molar-refractivity contribution < 1.29 is 9.53 Å². The average Bonchev–Trinajstić information content (AvgIpc) is 3.21. The van der Waals surface area contributed by atoms with Gasteiger partial charge in [0.05, 0.1) is 30.0 Å². The number of hydrogen-bond acceptors (Lipinski definition) is 7. The molecule has 27 heavy (non-hydrogen) atoms. The van der Waals surface area contributed by atoms with E-state index in [4.69, 9.17) is 10.5 Å². The van der Waals surface area contributed by atoms with Gasteiger partial charge in [0.1, 0.15) is 6.07 Å². The van der Waals surface area contributed by atoms with Crippen molar-refractivity contribution in [3.8, 4) is 18.2 Å². The van der Waals surface area contributed by atoms with E-state index in [2.05, 4.69) is 18.2 Å². The fourth-order valence-corrected chi connectivity index (χ4v) is 4.78. The molecule has 1 amide bonds. The molecule has 0 radical (unpaired) electrons. The van der Waals surface area contributed by atoms with Crippen LogP contribution in [-0.4, -0.2) is 30.7 Å². The zero-order valence-electron chi connectivity index (χ0n) is 14.7. The van der Waals surface area contributed by atoms with Gasteiger partial charge in [-0.25, -0.2) is 4.79 Å². The lowest BCUT2D eigenvalue weighted by Gasteiger charge is -2.44. The first-order valence-electron chi connectivity index (χ1n) is 8.42. The standard InChI is InChI=1S/C19H17N5O2S/c1-2-26-18(25)24-6-5-12-13(8-20)17(23)19(10-21,11-22)16(14(12)9-24)15-4-3-7-27-15/h3-5,7,14,16H,2,6,9,23H2,1H3/t14-,16+/m1/s1. The first kappa shape index (κ1) is 18.5. The molecule has 1 aliphatic heterocycles. The minimum Gasteiger partial charge on any atom is -0.450 e. The van der Waals surface area contributed by atoms with Crippen LogP contribution in [0.2, 0.25) is 0 Å². The monoisotopic (exact) mass is 379 g/mol. The number of rotatable bonds is 2. The Hall–Kier alpha value is -3.28. The molecule has 1 aromatic heterocycles. The van der Waals surface area contributed by atoms with Crippen molar-refractivity contribution in [2.24, 2.45) is 17.1 Å². The molecule has 8 heteroatoms. The Morgan fingerprint density at radius 1 is 1.44 bits per heavy atom. The summed E-state index contributed by atoms with van der Waals surface area (Å²) in [4.78, 5) is 14.6. The van der Waals surface area contributed by atoms with E-state index in [-0.39, 0.29) is 31.0 Å². The van der Waals surface area contributed by atoms with Crippen LogP contribution in [0.1, 0.15) is 17.7 Å². The van der Waals surface area contributed by atoms with Crippen molar-refractivity contribution >= 4 is 17.4 Å². The van der Waals surface area contributed by atoms with Gasteiger partial charge in [0.25, 0.3) is 0 Å². The summed E-state index contributed by atoms with van der Waals surface area (Å²) in [5.74, 6) is -0.976. The zero-order chi connectivity index (χ0) is 19.6. The van der Waals surface area contributed by atoms with Crippen molar-refractivity contribution in [3.63, 3.8) is 0 Å². The molecule has 0 aromatic carbocycles. The summed E-state index contributed by atoms with van der Waals surface area (Å²) >= 11 is 1.42. The summed E-state index contributed by atoms with van der Waals surface area (Å²) in [5.41, 5.74) is 5.38. The molecule has 0 saturated heterocycles. The van der Waals surface area contributed by atoms with Crippen LogP contribution in [0.25, 0.3) is 0 Å². The third-order valence-electron chi connectivity index (χ3n) is 5.04. The number of allylic oxidation sites excluding steroid dienone is 2. The maximum Gasteiger partial charge on any atom is 0.410 e. The Morgan fingerprint density at radius 2 is 2.19 bits per heavy atom. The molecule has 2 aliphatic rings. The third-order valence-corrected chi connectivity index (χ3v) is 6.00. The Kier molecular flexibility index (Phi) is 4.90. The molecule has 0 fully saturated rings. The van der Waals surface area contributed by atoms with Crippen LogP contribution in [0.5, 0.6) is 0 Å². The zero-order valence-corrected chi connectivity index (χ0v) is 15.5. The van der Waals surface area contributed by atoms with Crippen LogP contribution >= 0.6 is 11.3 Å². The summed E-state index contributed by atoms with van der Waals surface area (Å²) < 4.78 is 5.09. The van der Waals surface area contributed by atoms with Gasteiger partial charge in [0, 0.05) is 29.8 Å². The third kappa shape index (κ3) is 2.73. The highest BCUT2D eigenvalue weighted by Gasteiger charge is 2.55. The number of fused-ring (bicyclic) bond motifs is 1. The Morgan fingerprint density at radius 3 is 2.74 bits per heavy atom. The fraction of sp³-hybridized carbons (Fsp3) is 0.368. The maximum atomic E-state index is 12.2. The van der Waals surface area contributed by atoms with Crippen molar-refractivity contribution in [2.75, 3.05) is 19.7 Å². The van der Waals surface area contributed by atoms with Crippen LogP contribution in [-0.2, 0) is 4.74 Å². The number of amides is 1. The van der Waals surface area contributed by atoms with E-state index in [1.54, 1.807) is 13.0 Å². The summed E-state index contributed by atoms with van der Waals surface area (Å²) in [6.07, 6.45) is 1.31. The second-order valence-corrected chi connectivity index (χ2v) is 7.27. The highest BCUT2D eigenvalue weighted by Crippen LogP contribution is 2.54. The van der Waals surface area contributed by atoms with Gasteiger partial charge in [-0.3, -0.25) is 0 Å². The quantitative estimate of drug-likeness (QED) is 0.841. The first-order valence-corrected chi connectivity index (χ1v) is 9.30. The Labute approximate surface area is 161 Å². The Balaban J connectivity index is 2.20. The first-order chi connectivity index (χ1) is 13.0. The molecule has 1 aromatic rings. The van der Waals surface area contributed by atoms with Gasteiger partial charge in [-0.2, -0.15) is 15.8 Å². The van der Waals surface area contributed by atoms with Gasteiger partial charge in [-0.05, 0) is 23.9 Å². The number of carbonyl (C=O) groups is 1. The number of carbonyl (C=O) groups excluding carboxylic acids is 1. The molecular weight excluding hydrogens is 362 g/mol. The number of thiophene rings is 1. The van der Waals surface area contributed by atoms with Gasteiger partial charge in [-0.1, -0.05) is 12.1 Å². The van der Waals surface area contributed by atoms with Gasteiger partial charge in [0.2, 0.25) is 0 Å². The predicted molar refractivity (Wildman–Crippen MR) is 97.7 cm³/mol. The lowest BCUT2D eigenvalue weighted by Crippen LogP contribution is -2.49. The number of nitrogens with two attached hydrogens (primary N) is 1. The SMILES string of the molecule is CCOC(=O)N1CC=C2C(C#N)=C(N)C(C#N)(C#N)[C@H](c3cccs3)[C@@H]2C1. The minimum atomic E-state index is -1.67. The molecule has 0 bridgehead atoms. The molecule has 3 rings (SSSR count). The summed E-state index contributed by atoms with van der Waals surface area (Å²) in [6, 6.07) is 9.90. The van der Waals surface area contributed by atoms with E-state index >= 15 is 0 Å². The smallest absolute Gasteiger partial charge is 0.410 e. The average molecular weight is 379 g/mol. The number of nitrogens with zero attached hydrogens (tertiary/aromatic N) is 4. The summed E-state index contributed by atoms with van der Waals surface area (Å²) in [7, 11) is 0. The van der Waals surface area contributed by atoms with E-state index in [1.165, 1.54) is 16.2 Å². The van der Waals surface area contributed by atoms with Gasteiger partial charge >= 0.3 is 6.09 Å². The second-order valence-electron chi connectivity index (χ2n) is 6.30. The Bertz CT molecular complexity index is 928. The second kappa shape index (κ2) is 7.15. The minimum absolute atomic E-state index is 0.0134. The molecule has 0 saturated carbocycles. The molecule has 7 nitrogen and oxygen atoms in total. The van der Waals surface area contributed by atoms with Crippen LogP contribution < -0.4 is 5.73 Å². The maximum absolute atomic E-state index is 12.2. The number of ether oxygens (including phenoxy) is 1. The van der Waals surface area contributed by atoms with E-state index in [1.807, 2.05) is 17.5 Å². The van der Waals surface area contributed by atoms with Crippen molar-refractivity contribution in [3.05, 3.63) is 45.3 Å². The predicted octanol–water partition coefficient (Wildman–Crippen LogP) is 2.63. The molecule has 2 N–H and O–H groups in total. The number of nitriles is 3. The molecule has 0 unspecified atom stereocenters. The molecule has 0 spiro atoms. The van der Waals surface area contributed by atoms with E-state index in [0.717, 1.165) is 4.88 Å². The highest BCUT2D eigenvalue weighted by atomic mass is 32.1. The molecule has 2 atom stereocenters. The van der Waals surface area contributed by atoms with Gasteiger partial charge in [0.15, 0.2) is 5.41 Å². The summed E-state index contributed by atoms with van der Waals surface area (Å²) in [6.45, 7) is 2.51. The molecular formula is C19H17N5O2S. The molecule has 2 heterocycles. The van der Waals surface area contributed by atoms with Crippen molar-refractivity contribution in [2.45, 2.75) is 12.8 Å². The lowest BCUT2D eigenvalue weighted by atomic mass is 9.59. The fourth-order valence-electron chi connectivity index (χ4n) is 3.82. The largest absolute Gasteiger partial charge is 0.450 e. The van der Waals surface area contributed by atoms with E-state index in [9.17, 15) is 20.6 Å². The van der Waals surface area contributed by atoms with Gasteiger partial charge in [-0.15, -0.1) is 11.3 Å². The van der Waals surface area contributed by atoms with E-state index < -0.39 is 23.3 Å². The van der Waals surface area contributed by atoms with Crippen LogP contribution in [0, 0.1) is 45.3 Å². The van der Waals surface area contributed by atoms with Crippen LogP contribution in [0.4, 0.5) is 4.79 Å². The number of hydrogen-bond donors (Lipinski definition) is 1. The topological polar surface area (TPSA) is 127 Å². The normalized spacial score (nSPS) is 23.3. The lowest BCUT2D eigenvalue weighted by molar-refractivity contribution is 0.100. The highest BCUT2D eigenvalue weighted by molar-refractivity contribution is 7.10.